The van der Waals surface area contributed by atoms with Crippen LogP contribution in [0, 0.1) is 11.3 Å². The van der Waals surface area contributed by atoms with Crippen molar-refractivity contribution in [3.05, 3.63) is 72.6 Å². The molecule has 33 heavy (non-hydrogen) atoms. The minimum atomic E-state index is 0.0769. The third-order valence-electron chi connectivity index (χ3n) is 6.15. The number of furan rings is 1. The zero-order valence-corrected chi connectivity index (χ0v) is 17.9. The zero-order chi connectivity index (χ0) is 22.2. The number of aromatic nitrogens is 2. The monoisotopic (exact) mass is 435 g/mol. The van der Waals surface area contributed by atoms with Crippen molar-refractivity contribution in [2.24, 2.45) is 0 Å². The highest BCUT2D eigenvalue weighted by Gasteiger charge is 2.19. The van der Waals surface area contributed by atoms with Gasteiger partial charge >= 0.3 is 0 Å². The molecule has 0 atom stereocenters. The number of hydrogen-bond acceptors (Lipinski definition) is 5. The summed E-state index contributed by atoms with van der Waals surface area (Å²) in [6.07, 6.45) is 5.44. The lowest BCUT2D eigenvalue weighted by Crippen LogP contribution is -2.26. The molecule has 1 saturated heterocycles. The van der Waals surface area contributed by atoms with Gasteiger partial charge in [-0.2, -0.15) is 5.26 Å². The van der Waals surface area contributed by atoms with Crippen LogP contribution in [0.4, 0.5) is 0 Å². The summed E-state index contributed by atoms with van der Waals surface area (Å²) in [5.41, 5.74) is 5.82. The third-order valence-corrected chi connectivity index (χ3v) is 6.15. The molecule has 0 amide bonds. The molecule has 0 radical (unpaired) electrons. The number of ether oxygens (including phenoxy) is 2. The van der Waals surface area contributed by atoms with E-state index < -0.39 is 0 Å². The maximum Gasteiger partial charge on any atom is 0.161 e. The number of nitrogens with zero attached hydrogens (tertiary/aromatic N) is 2. The van der Waals surface area contributed by atoms with Crippen LogP contribution in [0.15, 0.2) is 71.4 Å². The van der Waals surface area contributed by atoms with Crippen molar-refractivity contribution < 1.29 is 13.9 Å². The number of benzene rings is 2. The molecule has 0 bridgehead atoms. The Morgan fingerprint density at radius 2 is 1.94 bits per heavy atom. The van der Waals surface area contributed by atoms with Gasteiger partial charge in [0.15, 0.2) is 5.58 Å². The molecule has 0 saturated carbocycles. The van der Waals surface area contributed by atoms with Crippen LogP contribution in [0.2, 0.25) is 0 Å². The van der Waals surface area contributed by atoms with Gasteiger partial charge in [-0.3, -0.25) is 4.98 Å². The van der Waals surface area contributed by atoms with Gasteiger partial charge in [-0.15, -0.1) is 0 Å². The average Bonchev–Trinajstić information content (AvgIpc) is 3.52. The number of nitriles is 1. The van der Waals surface area contributed by atoms with Gasteiger partial charge in [0, 0.05) is 53.3 Å². The molecule has 1 aliphatic rings. The van der Waals surface area contributed by atoms with Gasteiger partial charge in [-0.1, -0.05) is 18.2 Å². The molecule has 1 fully saturated rings. The molecule has 0 spiro atoms. The third kappa shape index (κ3) is 3.53. The van der Waals surface area contributed by atoms with E-state index >= 15 is 0 Å². The van der Waals surface area contributed by atoms with Crippen LogP contribution in [0.3, 0.4) is 0 Å². The molecule has 6 heteroatoms. The highest BCUT2D eigenvalue weighted by atomic mass is 16.5. The number of fused-ring (bicyclic) bond motifs is 2. The minimum Gasteiger partial charge on any atom is -0.489 e. The fraction of sp³-hybridized carbons (Fsp3) is 0.185. The van der Waals surface area contributed by atoms with E-state index in [0.29, 0.717) is 30.1 Å². The normalized spacial score (nSPS) is 14.5. The molecule has 6 nitrogen and oxygen atoms in total. The van der Waals surface area contributed by atoms with Crippen LogP contribution < -0.4 is 4.74 Å². The lowest BCUT2D eigenvalue weighted by Gasteiger charge is -2.23. The van der Waals surface area contributed by atoms with Gasteiger partial charge in [-0.05, 0) is 35.9 Å². The maximum absolute atomic E-state index is 9.77. The highest BCUT2D eigenvalue weighted by Crippen LogP contribution is 2.37. The van der Waals surface area contributed by atoms with Gasteiger partial charge in [-0.25, -0.2) is 0 Å². The summed E-state index contributed by atoms with van der Waals surface area (Å²) in [5.74, 6) is 1.37. The molecular formula is C27H21N3O3. The fourth-order valence-electron chi connectivity index (χ4n) is 4.46. The van der Waals surface area contributed by atoms with Crippen LogP contribution in [0.1, 0.15) is 18.4 Å². The number of pyridine rings is 1. The summed E-state index contributed by atoms with van der Waals surface area (Å²) >= 11 is 0. The fourth-order valence-corrected chi connectivity index (χ4v) is 4.46. The van der Waals surface area contributed by atoms with Crippen LogP contribution in [-0.2, 0) is 4.74 Å². The summed E-state index contributed by atoms with van der Waals surface area (Å²) in [4.78, 5) is 7.76. The van der Waals surface area contributed by atoms with Crippen molar-refractivity contribution >= 4 is 22.0 Å². The second kappa shape index (κ2) is 8.12. The molecule has 2 aromatic carbocycles. The first-order valence-electron chi connectivity index (χ1n) is 11.0. The van der Waals surface area contributed by atoms with Crippen LogP contribution >= 0.6 is 0 Å². The lowest BCUT2D eigenvalue weighted by molar-refractivity contribution is 0.0254. The number of aromatic amines is 1. The van der Waals surface area contributed by atoms with Crippen molar-refractivity contribution in [2.45, 2.75) is 18.9 Å². The zero-order valence-electron chi connectivity index (χ0n) is 17.9. The smallest absolute Gasteiger partial charge is 0.161 e. The molecule has 6 rings (SSSR count). The van der Waals surface area contributed by atoms with Gasteiger partial charge < -0.3 is 18.9 Å². The van der Waals surface area contributed by atoms with E-state index in [-0.39, 0.29) is 6.10 Å². The van der Waals surface area contributed by atoms with Crippen molar-refractivity contribution in [3.63, 3.8) is 0 Å². The molecule has 1 aliphatic heterocycles. The van der Waals surface area contributed by atoms with Crippen molar-refractivity contribution in [1.82, 2.24) is 9.97 Å². The highest BCUT2D eigenvalue weighted by molar-refractivity contribution is 5.98. The first kappa shape index (κ1) is 19.6. The molecule has 0 unspecified atom stereocenters. The van der Waals surface area contributed by atoms with Crippen molar-refractivity contribution in [2.75, 3.05) is 13.2 Å². The topological polar surface area (TPSA) is 84.1 Å². The van der Waals surface area contributed by atoms with Gasteiger partial charge in [0.25, 0.3) is 0 Å². The predicted octanol–water partition coefficient (Wildman–Crippen LogP) is 6.07. The van der Waals surface area contributed by atoms with E-state index in [1.165, 1.54) is 0 Å². The van der Waals surface area contributed by atoms with E-state index in [1.54, 1.807) is 6.20 Å². The van der Waals surface area contributed by atoms with Crippen LogP contribution in [-0.4, -0.2) is 29.3 Å². The Labute approximate surface area is 190 Å². The molecule has 162 valence electrons. The molecule has 1 N–H and O–H groups in total. The standard InChI is InChI=1S/C27H21N3O3/c28-16-18-14-17(4-5-25(18)32-19-8-12-31-13-9-19)20-6-10-30-24-15-26(33-27(20)24)22-2-1-3-23-21(22)7-11-29-23/h1-7,10-11,14-15,19,29H,8-9,12-13H2. The second-order valence-electron chi connectivity index (χ2n) is 8.18. The van der Waals surface area contributed by atoms with E-state index in [1.807, 2.05) is 60.8 Å². The quantitative estimate of drug-likeness (QED) is 0.370. The second-order valence-corrected chi connectivity index (χ2v) is 8.18. The summed E-state index contributed by atoms with van der Waals surface area (Å²) in [5, 5.41) is 10.9. The van der Waals surface area contributed by atoms with E-state index in [4.69, 9.17) is 13.9 Å². The van der Waals surface area contributed by atoms with Gasteiger partial charge in [0.2, 0.25) is 0 Å². The first-order chi connectivity index (χ1) is 16.3. The van der Waals surface area contributed by atoms with E-state index in [9.17, 15) is 5.26 Å². The van der Waals surface area contributed by atoms with Crippen LogP contribution in [0.25, 0.3) is 44.5 Å². The van der Waals surface area contributed by atoms with Crippen molar-refractivity contribution in [3.8, 4) is 34.3 Å². The van der Waals surface area contributed by atoms with Gasteiger partial charge in [0.05, 0.1) is 18.8 Å². The minimum absolute atomic E-state index is 0.0769. The molecule has 3 aromatic heterocycles. The predicted molar refractivity (Wildman–Crippen MR) is 126 cm³/mol. The summed E-state index contributed by atoms with van der Waals surface area (Å²) < 4.78 is 17.8. The average molecular weight is 435 g/mol. The molecule has 5 aromatic rings. The Morgan fingerprint density at radius 1 is 1.03 bits per heavy atom. The first-order valence-corrected chi connectivity index (χ1v) is 11.0. The maximum atomic E-state index is 9.77. The molecule has 4 heterocycles. The Bertz CT molecular complexity index is 1500. The number of nitrogens with one attached hydrogen (secondary N) is 1. The van der Waals surface area contributed by atoms with Crippen LogP contribution in [0.5, 0.6) is 5.75 Å². The van der Waals surface area contributed by atoms with Crippen molar-refractivity contribution in [1.29, 1.82) is 5.26 Å². The van der Waals surface area contributed by atoms with E-state index in [0.717, 1.165) is 51.7 Å². The Morgan fingerprint density at radius 3 is 2.82 bits per heavy atom. The Balaban J connectivity index is 1.40. The number of hydrogen-bond donors (Lipinski definition) is 1. The number of rotatable bonds is 4. The summed E-state index contributed by atoms with van der Waals surface area (Å²) in [6.45, 7) is 1.38. The Kier molecular flexibility index (Phi) is 4.82. The summed E-state index contributed by atoms with van der Waals surface area (Å²) in [7, 11) is 0. The Hall–Kier alpha value is -4.08. The SMILES string of the molecule is N#Cc1cc(-c2ccnc3cc(-c4cccc5[nH]ccc45)oc23)ccc1OC1CCOCC1. The lowest BCUT2D eigenvalue weighted by atomic mass is 10.0. The van der Waals surface area contributed by atoms with E-state index in [2.05, 4.69) is 16.0 Å². The largest absolute Gasteiger partial charge is 0.489 e. The molecule has 0 aliphatic carbocycles. The summed E-state index contributed by atoms with van der Waals surface area (Å²) in [6, 6.07) is 20.0. The molecular weight excluding hydrogens is 414 g/mol. The number of H-pyrrole nitrogens is 1. The van der Waals surface area contributed by atoms with Gasteiger partial charge in [0.1, 0.15) is 29.2 Å².